The van der Waals surface area contributed by atoms with E-state index in [9.17, 15) is 4.79 Å². The molecule has 0 aromatic heterocycles. The van der Waals surface area contributed by atoms with E-state index in [0.717, 1.165) is 39.8 Å². The van der Waals surface area contributed by atoms with Crippen molar-refractivity contribution in [1.82, 2.24) is 0 Å². The van der Waals surface area contributed by atoms with Gasteiger partial charge in [-0.25, -0.2) is 0 Å². The lowest BCUT2D eigenvalue weighted by Gasteiger charge is -2.27. The molecule has 0 spiro atoms. The minimum Gasteiger partial charge on any atom is -0.497 e. The van der Waals surface area contributed by atoms with Gasteiger partial charge in [0, 0.05) is 28.0 Å². The molecule has 0 fully saturated rings. The SMILES string of the molecule is COc1ccc(C(=O)CN(C2=NCCCS2)c2ccc(Br)cc2)cc1. The number of ketones is 1. The highest BCUT2D eigenvalue weighted by Gasteiger charge is 2.20. The van der Waals surface area contributed by atoms with Gasteiger partial charge in [0.2, 0.25) is 0 Å². The Hall–Kier alpha value is -1.79. The van der Waals surface area contributed by atoms with Crippen LogP contribution >= 0.6 is 27.7 Å². The molecule has 2 aromatic rings. The number of halogens is 1. The molecule has 0 N–H and O–H groups in total. The maximum absolute atomic E-state index is 12.8. The van der Waals surface area contributed by atoms with Gasteiger partial charge < -0.3 is 9.64 Å². The maximum Gasteiger partial charge on any atom is 0.182 e. The summed E-state index contributed by atoms with van der Waals surface area (Å²) in [6, 6.07) is 15.2. The molecule has 0 amide bonds. The fraction of sp³-hybridized carbons (Fsp3) is 0.263. The Bertz CT molecular complexity index is 760. The van der Waals surface area contributed by atoms with E-state index in [4.69, 9.17) is 4.74 Å². The second-order valence-electron chi connectivity index (χ2n) is 5.58. The van der Waals surface area contributed by atoms with Crippen LogP contribution in [0.15, 0.2) is 58.0 Å². The number of anilines is 1. The van der Waals surface area contributed by atoms with Crippen molar-refractivity contribution in [2.45, 2.75) is 6.42 Å². The van der Waals surface area contributed by atoms with Gasteiger partial charge in [-0.1, -0.05) is 27.7 Å². The molecule has 0 atom stereocenters. The van der Waals surface area contributed by atoms with Crippen LogP contribution in [0.5, 0.6) is 5.75 Å². The summed E-state index contributed by atoms with van der Waals surface area (Å²) in [5.74, 6) is 1.83. The first-order valence-corrected chi connectivity index (χ1v) is 9.83. The lowest BCUT2D eigenvalue weighted by Crippen LogP contribution is -2.35. The summed E-state index contributed by atoms with van der Waals surface area (Å²) in [5.41, 5.74) is 1.64. The average Bonchev–Trinajstić information content (AvgIpc) is 2.67. The molecule has 2 aromatic carbocycles. The Labute approximate surface area is 160 Å². The molecular weight excluding hydrogens is 400 g/mol. The van der Waals surface area contributed by atoms with Gasteiger partial charge in [-0.05, 0) is 55.0 Å². The van der Waals surface area contributed by atoms with Gasteiger partial charge in [-0.15, -0.1) is 0 Å². The molecule has 0 bridgehead atoms. The number of benzene rings is 2. The lowest BCUT2D eigenvalue weighted by atomic mass is 10.1. The van der Waals surface area contributed by atoms with Crippen LogP contribution in [0.3, 0.4) is 0 Å². The standard InChI is InChI=1S/C19H19BrN2O2S/c1-24-17-9-3-14(4-10-17)18(23)13-22(19-21-11-2-12-25-19)16-7-5-15(20)6-8-16/h3-10H,2,11-13H2,1H3. The van der Waals surface area contributed by atoms with Crippen molar-refractivity contribution in [3.63, 3.8) is 0 Å². The number of carbonyl (C=O) groups is 1. The van der Waals surface area contributed by atoms with Crippen molar-refractivity contribution in [2.24, 2.45) is 4.99 Å². The third-order valence-corrected chi connectivity index (χ3v) is 5.49. The summed E-state index contributed by atoms with van der Waals surface area (Å²) >= 11 is 5.16. The molecule has 3 rings (SSSR count). The van der Waals surface area contributed by atoms with Crippen molar-refractivity contribution >= 4 is 44.3 Å². The minimum absolute atomic E-state index is 0.0550. The summed E-state index contributed by atoms with van der Waals surface area (Å²) in [4.78, 5) is 19.4. The Kier molecular flexibility index (Phi) is 6.15. The highest BCUT2D eigenvalue weighted by atomic mass is 79.9. The van der Waals surface area contributed by atoms with Crippen molar-refractivity contribution in [2.75, 3.05) is 30.9 Å². The van der Waals surface area contributed by atoms with Crippen LogP contribution in [0.4, 0.5) is 5.69 Å². The topological polar surface area (TPSA) is 41.9 Å². The number of amidine groups is 1. The number of hydrogen-bond acceptors (Lipinski definition) is 5. The van der Waals surface area contributed by atoms with Crippen LogP contribution in [0.1, 0.15) is 16.8 Å². The first kappa shape index (κ1) is 18.0. The van der Waals surface area contributed by atoms with Gasteiger partial charge in [0.05, 0.1) is 13.7 Å². The third kappa shape index (κ3) is 4.64. The van der Waals surface area contributed by atoms with E-state index in [2.05, 4.69) is 20.9 Å². The molecule has 6 heteroatoms. The summed E-state index contributed by atoms with van der Waals surface area (Å²) in [7, 11) is 1.62. The maximum atomic E-state index is 12.8. The van der Waals surface area contributed by atoms with Gasteiger partial charge >= 0.3 is 0 Å². The number of rotatable bonds is 5. The van der Waals surface area contributed by atoms with Crippen molar-refractivity contribution in [3.8, 4) is 5.75 Å². The molecule has 1 heterocycles. The second-order valence-corrected chi connectivity index (χ2v) is 7.56. The zero-order valence-electron chi connectivity index (χ0n) is 13.9. The molecule has 130 valence electrons. The Morgan fingerprint density at radius 3 is 2.52 bits per heavy atom. The molecule has 1 aliphatic rings. The van der Waals surface area contributed by atoms with Crippen LogP contribution in [-0.2, 0) is 0 Å². The van der Waals surface area contributed by atoms with Crippen LogP contribution < -0.4 is 9.64 Å². The van der Waals surface area contributed by atoms with Crippen LogP contribution in [0.2, 0.25) is 0 Å². The quantitative estimate of drug-likeness (QED) is 0.663. The Morgan fingerprint density at radius 2 is 1.92 bits per heavy atom. The van der Waals surface area contributed by atoms with Crippen molar-refractivity contribution in [3.05, 3.63) is 58.6 Å². The van der Waals surface area contributed by atoms with E-state index < -0.39 is 0 Å². The number of ether oxygens (including phenoxy) is 1. The molecule has 0 unspecified atom stereocenters. The number of carbonyl (C=O) groups excluding carboxylic acids is 1. The smallest absolute Gasteiger partial charge is 0.182 e. The van der Waals surface area contributed by atoms with E-state index in [1.165, 1.54) is 0 Å². The Morgan fingerprint density at radius 1 is 1.20 bits per heavy atom. The van der Waals surface area contributed by atoms with E-state index in [-0.39, 0.29) is 12.3 Å². The highest BCUT2D eigenvalue weighted by molar-refractivity contribution is 9.10. The predicted molar refractivity (Wildman–Crippen MR) is 108 cm³/mol. The van der Waals surface area contributed by atoms with Gasteiger partial charge in [-0.2, -0.15) is 0 Å². The van der Waals surface area contributed by atoms with E-state index in [0.29, 0.717) is 5.56 Å². The fourth-order valence-corrected chi connectivity index (χ4v) is 3.74. The van der Waals surface area contributed by atoms with E-state index in [1.54, 1.807) is 31.0 Å². The zero-order chi connectivity index (χ0) is 17.6. The number of Topliss-reactive ketones (excluding diaryl/α,β-unsaturated/α-hetero) is 1. The van der Waals surface area contributed by atoms with Crippen LogP contribution in [0, 0.1) is 0 Å². The first-order chi connectivity index (χ1) is 12.2. The van der Waals surface area contributed by atoms with Crippen LogP contribution in [-0.4, -0.2) is 36.9 Å². The van der Waals surface area contributed by atoms with E-state index >= 15 is 0 Å². The van der Waals surface area contributed by atoms with Gasteiger partial charge in [0.15, 0.2) is 11.0 Å². The molecule has 4 nitrogen and oxygen atoms in total. The van der Waals surface area contributed by atoms with Crippen molar-refractivity contribution in [1.29, 1.82) is 0 Å². The molecule has 0 saturated carbocycles. The molecule has 1 aliphatic heterocycles. The Balaban J connectivity index is 1.84. The zero-order valence-corrected chi connectivity index (χ0v) is 16.3. The number of hydrogen-bond donors (Lipinski definition) is 0. The third-order valence-electron chi connectivity index (χ3n) is 3.86. The predicted octanol–water partition coefficient (Wildman–Crippen LogP) is 4.64. The van der Waals surface area contributed by atoms with E-state index in [1.807, 2.05) is 41.3 Å². The summed E-state index contributed by atoms with van der Waals surface area (Å²) < 4.78 is 6.17. The number of thioether (sulfide) groups is 1. The van der Waals surface area contributed by atoms with Gasteiger partial charge in [0.25, 0.3) is 0 Å². The second kappa shape index (κ2) is 8.54. The lowest BCUT2D eigenvalue weighted by molar-refractivity contribution is 0.100. The summed E-state index contributed by atoms with van der Waals surface area (Å²) in [5, 5.41) is 0.912. The monoisotopic (exact) mass is 418 g/mol. The highest BCUT2D eigenvalue weighted by Crippen LogP contribution is 2.25. The summed E-state index contributed by atoms with van der Waals surface area (Å²) in [6.45, 7) is 1.08. The molecule has 0 aliphatic carbocycles. The number of methoxy groups -OCH3 is 1. The van der Waals surface area contributed by atoms with Gasteiger partial charge in [-0.3, -0.25) is 9.79 Å². The molecular formula is C19H19BrN2O2S. The molecule has 0 saturated heterocycles. The first-order valence-electron chi connectivity index (χ1n) is 8.05. The number of nitrogens with zero attached hydrogens (tertiary/aromatic N) is 2. The molecule has 0 radical (unpaired) electrons. The normalized spacial score (nSPS) is 13.9. The molecule has 25 heavy (non-hydrogen) atoms. The fourth-order valence-electron chi connectivity index (χ4n) is 2.51. The minimum atomic E-state index is 0.0550. The number of aliphatic imine (C=N–C) groups is 1. The van der Waals surface area contributed by atoms with Crippen molar-refractivity contribution < 1.29 is 9.53 Å². The summed E-state index contributed by atoms with van der Waals surface area (Å²) in [6.07, 6.45) is 1.08. The largest absolute Gasteiger partial charge is 0.497 e. The van der Waals surface area contributed by atoms with Gasteiger partial charge in [0.1, 0.15) is 5.75 Å². The van der Waals surface area contributed by atoms with Crippen LogP contribution in [0.25, 0.3) is 0 Å². The average molecular weight is 419 g/mol.